The third-order valence-electron chi connectivity index (χ3n) is 9.36. The SMILES string of the molecule is CC1(C)CC(NCC(Cc2ccc(OCc3c(Cl)cccc3Cl)cc2)NC(=O)OCC2c3ccccc3-c3ccccc32)CC(C)(C)N1. The molecule has 1 heterocycles. The van der Waals surface area contributed by atoms with Gasteiger partial charge in [0.15, 0.2) is 0 Å². The Morgan fingerprint density at radius 2 is 1.42 bits per heavy atom. The molecule has 0 bridgehead atoms. The van der Waals surface area contributed by atoms with Crippen LogP contribution < -0.4 is 20.7 Å². The van der Waals surface area contributed by atoms with Crippen molar-refractivity contribution in [1.29, 1.82) is 0 Å². The van der Waals surface area contributed by atoms with Gasteiger partial charge in [-0.3, -0.25) is 0 Å². The second kappa shape index (κ2) is 14.5. The lowest BCUT2D eigenvalue weighted by Gasteiger charge is -2.47. The molecule has 1 unspecified atom stereocenters. The van der Waals surface area contributed by atoms with E-state index in [4.69, 9.17) is 32.7 Å². The van der Waals surface area contributed by atoms with Crippen molar-refractivity contribution in [2.45, 2.75) is 82.6 Å². The van der Waals surface area contributed by atoms with Gasteiger partial charge in [-0.25, -0.2) is 4.79 Å². The van der Waals surface area contributed by atoms with Gasteiger partial charge in [0.05, 0.1) is 0 Å². The normalized spacial score (nSPS) is 17.3. The largest absolute Gasteiger partial charge is 0.489 e. The summed E-state index contributed by atoms with van der Waals surface area (Å²) in [5.74, 6) is 0.722. The van der Waals surface area contributed by atoms with Crippen LogP contribution in [0.1, 0.15) is 68.7 Å². The molecular formula is C40H45Cl2N3O3. The number of ether oxygens (including phenoxy) is 2. The zero-order valence-electron chi connectivity index (χ0n) is 28.1. The summed E-state index contributed by atoms with van der Waals surface area (Å²) in [6, 6.07) is 30.3. The molecule has 2 aliphatic rings. The second-order valence-electron chi connectivity index (χ2n) is 14.4. The average molecular weight is 687 g/mol. The first kappa shape index (κ1) is 34.3. The first-order chi connectivity index (χ1) is 23.0. The van der Waals surface area contributed by atoms with Crippen LogP contribution in [-0.4, -0.2) is 42.4 Å². The molecule has 48 heavy (non-hydrogen) atoms. The lowest BCUT2D eigenvalue weighted by atomic mass is 9.79. The van der Waals surface area contributed by atoms with Gasteiger partial charge in [-0.15, -0.1) is 0 Å². The molecule has 252 valence electrons. The molecule has 1 saturated heterocycles. The Hall–Kier alpha value is -3.55. The van der Waals surface area contributed by atoms with E-state index in [2.05, 4.69) is 80.0 Å². The number of carbonyl (C=O) groups is 1. The number of piperidine rings is 1. The third-order valence-corrected chi connectivity index (χ3v) is 10.1. The molecule has 3 N–H and O–H groups in total. The first-order valence-corrected chi connectivity index (χ1v) is 17.5. The van der Waals surface area contributed by atoms with Gasteiger partial charge in [-0.1, -0.05) is 89.9 Å². The van der Waals surface area contributed by atoms with Crippen molar-refractivity contribution >= 4 is 29.3 Å². The van der Waals surface area contributed by atoms with E-state index in [1.54, 1.807) is 12.1 Å². The maximum Gasteiger partial charge on any atom is 0.407 e. The molecule has 1 aliphatic heterocycles. The van der Waals surface area contributed by atoms with Crippen molar-refractivity contribution in [1.82, 2.24) is 16.0 Å². The van der Waals surface area contributed by atoms with Gasteiger partial charge in [0.25, 0.3) is 0 Å². The molecule has 8 heteroatoms. The summed E-state index contributed by atoms with van der Waals surface area (Å²) in [5.41, 5.74) is 6.67. The average Bonchev–Trinajstić information content (AvgIpc) is 3.35. The van der Waals surface area contributed by atoms with Crippen molar-refractivity contribution < 1.29 is 14.3 Å². The molecule has 0 radical (unpaired) electrons. The molecule has 4 aromatic carbocycles. The van der Waals surface area contributed by atoms with Gasteiger partial charge in [-0.05, 0) is 99.0 Å². The molecule has 4 aromatic rings. The summed E-state index contributed by atoms with van der Waals surface area (Å²) in [5, 5.41) is 11.9. The Morgan fingerprint density at radius 3 is 2.02 bits per heavy atom. The van der Waals surface area contributed by atoms with Crippen LogP contribution >= 0.6 is 23.2 Å². The van der Waals surface area contributed by atoms with Crippen molar-refractivity contribution in [2.75, 3.05) is 13.2 Å². The minimum absolute atomic E-state index is 0.00659. The maximum atomic E-state index is 13.4. The molecule has 1 atom stereocenters. The van der Waals surface area contributed by atoms with Gasteiger partial charge in [0.1, 0.15) is 19.0 Å². The van der Waals surface area contributed by atoms with Crippen LogP contribution in [0.4, 0.5) is 4.79 Å². The van der Waals surface area contributed by atoms with E-state index in [1.807, 2.05) is 42.5 Å². The number of fused-ring (bicyclic) bond motifs is 3. The van der Waals surface area contributed by atoms with Gasteiger partial charge in [0.2, 0.25) is 0 Å². The Labute approximate surface area is 294 Å². The second-order valence-corrected chi connectivity index (χ2v) is 15.2. The molecule has 0 aromatic heterocycles. The highest BCUT2D eigenvalue weighted by atomic mass is 35.5. The summed E-state index contributed by atoms with van der Waals surface area (Å²) >= 11 is 12.6. The highest BCUT2D eigenvalue weighted by Crippen LogP contribution is 2.44. The number of carbonyl (C=O) groups excluding carboxylic acids is 1. The number of alkyl carbamates (subject to hydrolysis) is 1. The Bertz CT molecular complexity index is 1660. The van der Waals surface area contributed by atoms with Crippen molar-refractivity contribution in [2.24, 2.45) is 0 Å². The summed E-state index contributed by atoms with van der Waals surface area (Å²) in [7, 11) is 0. The molecule has 0 spiro atoms. The van der Waals surface area contributed by atoms with E-state index in [1.165, 1.54) is 22.3 Å². The summed E-state index contributed by atoms with van der Waals surface area (Å²) < 4.78 is 11.9. The molecule has 0 saturated carbocycles. The zero-order chi connectivity index (χ0) is 33.9. The number of benzene rings is 4. The van der Waals surface area contributed by atoms with Crippen LogP contribution in [0.15, 0.2) is 91.0 Å². The number of amides is 1. The van der Waals surface area contributed by atoms with E-state index >= 15 is 0 Å². The predicted molar refractivity (Wildman–Crippen MR) is 195 cm³/mol. The van der Waals surface area contributed by atoms with E-state index < -0.39 is 6.09 Å². The van der Waals surface area contributed by atoms with Crippen molar-refractivity contribution in [3.05, 3.63) is 123 Å². The molecule has 1 aliphatic carbocycles. The van der Waals surface area contributed by atoms with Crippen molar-refractivity contribution in [3.63, 3.8) is 0 Å². The summed E-state index contributed by atoms with van der Waals surface area (Å²) in [6.45, 7) is 10.2. The van der Waals surface area contributed by atoms with E-state index in [-0.39, 0.29) is 36.3 Å². The van der Waals surface area contributed by atoms with Gasteiger partial charge < -0.3 is 25.4 Å². The number of hydrogen-bond acceptors (Lipinski definition) is 5. The third kappa shape index (κ3) is 8.35. The van der Waals surface area contributed by atoms with Crippen LogP contribution in [0.25, 0.3) is 11.1 Å². The van der Waals surface area contributed by atoms with Crippen LogP contribution in [0.2, 0.25) is 10.0 Å². The lowest BCUT2D eigenvalue weighted by molar-refractivity contribution is 0.133. The summed E-state index contributed by atoms with van der Waals surface area (Å²) in [4.78, 5) is 13.4. The number of halogens is 2. The van der Waals surface area contributed by atoms with Crippen LogP contribution in [0.3, 0.4) is 0 Å². The monoisotopic (exact) mass is 685 g/mol. The van der Waals surface area contributed by atoms with Gasteiger partial charge in [0, 0.05) is 51.2 Å². The maximum absolute atomic E-state index is 13.4. The van der Waals surface area contributed by atoms with Crippen LogP contribution in [-0.2, 0) is 17.8 Å². The molecule has 1 amide bonds. The fourth-order valence-electron chi connectivity index (χ4n) is 7.59. The number of nitrogens with one attached hydrogen (secondary N) is 3. The Morgan fingerprint density at radius 1 is 0.833 bits per heavy atom. The predicted octanol–water partition coefficient (Wildman–Crippen LogP) is 8.92. The molecule has 6 rings (SSSR count). The highest BCUT2D eigenvalue weighted by molar-refractivity contribution is 6.35. The highest BCUT2D eigenvalue weighted by Gasteiger charge is 2.37. The van der Waals surface area contributed by atoms with E-state index in [9.17, 15) is 4.79 Å². The fraction of sp³-hybridized carbons (Fsp3) is 0.375. The Balaban J connectivity index is 1.12. The lowest BCUT2D eigenvalue weighted by Crippen LogP contribution is -2.62. The van der Waals surface area contributed by atoms with Crippen molar-refractivity contribution in [3.8, 4) is 16.9 Å². The van der Waals surface area contributed by atoms with Crippen LogP contribution in [0, 0.1) is 0 Å². The number of rotatable bonds is 11. The zero-order valence-corrected chi connectivity index (χ0v) is 29.6. The minimum Gasteiger partial charge on any atom is -0.489 e. The molecule has 1 fully saturated rings. The molecular weight excluding hydrogens is 641 g/mol. The standard InChI is InChI=1S/C40H45Cl2N3O3/c1-39(2)21-28(22-40(3,4)45-39)43-23-27(20-26-16-18-29(19-17-26)47-25-35-36(41)14-9-15-37(35)42)44-38(46)48-24-34-32-12-7-5-10-30(32)31-11-6-8-13-33(31)34/h5-19,27-28,34,43,45H,20-25H2,1-4H3,(H,44,46). The van der Waals surface area contributed by atoms with E-state index in [0.717, 1.165) is 24.0 Å². The van der Waals surface area contributed by atoms with Crippen LogP contribution in [0.5, 0.6) is 5.75 Å². The summed E-state index contributed by atoms with van der Waals surface area (Å²) in [6.07, 6.45) is 2.21. The van der Waals surface area contributed by atoms with Gasteiger partial charge >= 0.3 is 6.09 Å². The van der Waals surface area contributed by atoms with E-state index in [0.29, 0.717) is 34.8 Å². The fourth-order valence-corrected chi connectivity index (χ4v) is 8.10. The smallest absolute Gasteiger partial charge is 0.407 e. The first-order valence-electron chi connectivity index (χ1n) is 16.8. The van der Waals surface area contributed by atoms with Gasteiger partial charge in [-0.2, -0.15) is 0 Å². The minimum atomic E-state index is -0.411. The molecule has 6 nitrogen and oxygen atoms in total. The Kier molecular flexibility index (Phi) is 10.4. The quantitative estimate of drug-likeness (QED) is 0.147. The topological polar surface area (TPSA) is 71.6 Å². The number of hydrogen-bond donors (Lipinski definition) is 3.